The minimum absolute atomic E-state index is 0.170. The molecule has 0 bridgehead atoms. The molecule has 0 aliphatic rings. The zero-order valence-electron chi connectivity index (χ0n) is 10.6. The van der Waals surface area contributed by atoms with Crippen LogP contribution in [0.2, 0.25) is 10.0 Å². The Morgan fingerprint density at radius 1 is 1.15 bits per heavy atom. The average molecular weight is 314 g/mol. The molecule has 3 N–H and O–H groups in total. The summed E-state index contributed by atoms with van der Waals surface area (Å²) in [7, 11) is 0. The van der Waals surface area contributed by atoms with Gasteiger partial charge in [0.1, 0.15) is 5.82 Å². The molecule has 0 aliphatic carbocycles. The van der Waals surface area contributed by atoms with Crippen LogP contribution in [-0.2, 0) is 0 Å². The van der Waals surface area contributed by atoms with Crippen molar-refractivity contribution in [3.63, 3.8) is 0 Å². The van der Waals surface area contributed by atoms with E-state index in [9.17, 15) is 9.50 Å². The smallest absolute Gasteiger partial charge is 0.123 e. The van der Waals surface area contributed by atoms with Crippen LogP contribution in [0.1, 0.15) is 23.1 Å². The molecule has 2 aromatic carbocycles. The van der Waals surface area contributed by atoms with E-state index in [0.717, 1.165) is 0 Å². The number of halogens is 3. The Balaban J connectivity index is 2.36. The van der Waals surface area contributed by atoms with Crippen molar-refractivity contribution in [1.29, 1.82) is 0 Å². The van der Waals surface area contributed by atoms with Gasteiger partial charge in [0.05, 0.1) is 6.10 Å². The van der Waals surface area contributed by atoms with Crippen molar-refractivity contribution in [2.45, 2.75) is 12.0 Å². The second-order valence-corrected chi connectivity index (χ2v) is 5.35. The van der Waals surface area contributed by atoms with E-state index in [-0.39, 0.29) is 12.4 Å². The van der Waals surface area contributed by atoms with Gasteiger partial charge in [-0.05, 0) is 35.4 Å². The normalized spacial score (nSPS) is 14.1. The molecule has 2 unspecified atom stereocenters. The highest BCUT2D eigenvalue weighted by Gasteiger charge is 2.23. The summed E-state index contributed by atoms with van der Waals surface area (Å²) >= 11 is 11.9. The van der Waals surface area contributed by atoms with Crippen molar-refractivity contribution in [1.82, 2.24) is 0 Å². The van der Waals surface area contributed by atoms with E-state index in [0.29, 0.717) is 21.2 Å². The third-order valence-corrected chi connectivity index (χ3v) is 3.76. The lowest BCUT2D eigenvalue weighted by atomic mass is 9.89. The fraction of sp³-hybridized carbons (Fsp3) is 0.200. The molecular formula is C15H14Cl2FNO. The topological polar surface area (TPSA) is 46.2 Å². The number of hydrogen-bond acceptors (Lipinski definition) is 2. The van der Waals surface area contributed by atoms with Crippen LogP contribution in [0.5, 0.6) is 0 Å². The lowest BCUT2D eigenvalue weighted by Crippen LogP contribution is -2.20. The maximum atomic E-state index is 13.3. The second-order valence-electron chi connectivity index (χ2n) is 4.51. The maximum Gasteiger partial charge on any atom is 0.123 e. The predicted octanol–water partition coefficient (Wildman–Crippen LogP) is 3.91. The lowest BCUT2D eigenvalue weighted by Gasteiger charge is -2.23. The Hall–Kier alpha value is -1.13. The summed E-state index contributed by atoms with van der Waals surface area (Å²) < 4.78 is 13.3. The largest absolute Gasteiger partial charge is 0.388 e. The summed E-state index contributed by atoms with van der Waals surface area (Å²) in [6.45, 7) is 0.170. The number of aliphatic hydroxyl groups excluding tert-OH is 1. The van der Waals surface area contributed by atoms with Crippen molar-refractivity contribution in [3.8, 4) is 0 Å². The lowest BCUT2D eigenvalue weighted by molar-refractivity contribution is 0.147. The van der Waals surface area contributed by atoms with Gasteiger partial charge in [-0.25, -0.2) is 4.39 Å². The fourth-order valence-electron chi connectivity index (χ4n) is 2.14. The van der Waals surface area contributed by atoms with E-state index in [1.54, 1.807) is 30.3 Å². The molecule has 20 heavy (non-hydrogen) atoms. The molecule has 0 amide bonds. The van der Waals surface area contributed by atoms with E-state index in [2.05, 4.69) is 0 Å². The van der Waals surface area contributed by atoms with Crippen molar-refractivity contribution in [2.24, 2.45) is 5.73 Å². The van der Waals surface area contributed by atoms with Crippen LogP contribution in [0.25, 0.3) is 0 Å². The molecule has 0 aliphatic heterocycles. The zero-order valence-corrected chi connectivity index (χ0v) is 12.1. The highest BCUT2D eigenvalue weighted by atomic mass is 35.5. The van der Waals surface area contributed by atoms with E-state index < -0.39 is 12.0 Å². The van der Waals surface area contributed by atoms with Crippen LogP contribution in [-0.4, -0.2) is 11.7 Å². The first-order valence-electron chi connectivity index (χ1n) is 6.11. The molecule has 5 heteroatoms. The van der Waals surface area contributed by atoms with Crippen molar-refractivity contribution in [2.75, 3.05) is 6.54 Å². The Labute approximate surface area is 126 Å². The summed E-state index contributed by atoms with van der Waals surface area (Å²) in [5.74, 6) is -0.806. The highest BCUT2D eigenvalue weighted by molar-refractivity contribution is 6.35. The van der Waals surface area contributed by atoms with Crippen LogP contribution in [0, 0.1) is 5.82 Å². The van der Waals surface area contributed by atoms with Gasteiger partial charge in [0.2, 0.25) is 0 Å². The number of nitrogens with two attached hydrogens (primary N) is 1. The second kappa shape index (κ2) is 6.55. The van der Waals surface area contributed by atoms with Gasteiger partial charge < -0.3 is 10.8 Å². The molecular weight excluding hydrogens is 300 g/mol. The van der Waals surface area contributed by atoms with Crippen LogP contribution in [0.15, 0.2) is 42.5 Å². The minimum Gasteiger partial charge on any atom is -0.388 e. The first-order chi connectivity index (χ1) is 9.52. The number of aliphatic hydroxyl groups is 1. The van der Waals surface area contributed by atoms with Crippen LogP contribution in [0.4, 0.5) is 4.39 Å². The van der Waals surface area contributed by atoms with Crippen LogP contribution < -0.4 is 5.73 Å². The Morgan fingerprint density at radius 2 is 1.90 bits per heavy atom. The monoisotopic (exact) mass is 313 g/mol. The standard InChI is InChI=1S/C15H14Cl2FNO/c16-10-4-5-12(14(17)7-10)15(20)13(8-19)9-2-1-3-11(18)6-9/h1-7,13,15,20H,8,19H2. The predicted molar refractivity (Wildman–Crippen MR) is 79.6 cm³/mol. The van der Waals surface area contributed by atoms with Gasteiger partial charge >= 0.3 is 0 Å². The third-order valence-electron chi connectivity index (χ3n) is 3.19. The Kier molecular flexibility index (Phi) is 5.00. The fourth-order valence-corrected chi connectivity index (χ4v) is 2.66. The van der Waals surface area contributed by atoms with Gasteiger partial charge in [0.15, 0.2) is 0 Å². The zero-order chi connectivity index (χ0) is 14.7. The van der Waals surface area contributed by atoms with E-state index in [1.807, 2.05) is 0 Å². The average Bonchev–Trinajstić information content (AvgIpc) is 2.39. The molecule has 2 rings (SSSR count). The van der Waals surface area contributed by atoms with Gasteiger partial charge in [0, 0.05) is 22.5 Å². The van der Waals surface area contributed by atoms with Gasteiger partial charge in [-0.2, -0.15) is 0 Å². The SMILES string of the molecule is NCC(c1cccc(F)c1)C(O)c1ccc(Cl)cc1Cl. The summed E-state index contributed by atoms with van der Waals surface area (Å²) in [4.78, 5) is 0. The highest BCUT2D eigenvalue weighted by Crippen LogP contribution is 2.35. The van der Waals surface area contributed by atoms with Crippen molar-refractivity contribution < 1.29 is 9.50 Å². The summed E-state index contributed by atoms with van der Waals surface area (Å²) in [6.07, 6.45) is -0.924. The minimum atomic E-state index is -0.924. The molecule has 0 spiro atoms. The Morgan fingerprint density at radius 3 is 2.50 bits per heavy atom. The van der Waals surface area contributed by atoms with Crippen molar-refractivity contribution >= 4 is 23.2 Å². The van der Waals surface area contributed by atoms with Crippen molar-refractivity contribution in [3.05, 3.63) is 69.5 Å². The van der Waals surface area contributed by atoms with Gasteiger partial charge in [-0.15, -0.1) is 0 Å². The number of hydrogen-bond donors (Lipinski definition) is 2. The molecule has 0 aromatic heterocycles. The summed E-state index contributed by atoms with van der Waals surface area (Å²) in [5.41, 5.74) is 6.88. The van der Waals surface area contributed by atoms with E-state index >= 15 is 0 Å². The van der Waals surface area contributed by atoms with Gasteiger partial charge in [0.25, 0.3) is 0 Å². The molecule has 2 atom stereocenters. The van der Waals surface area contributed by atoms with Crippen LogP contribution >= 0.6 is 23.2 Å². The van der Waals surface area contributed by atoms with Gasteiger partial charge in [-0.3, -0.25) is 0 Å². The Bertz CT molecular complexity index is 606. The molecule has 0 heterocycles. The summed E-state index contributed by atoms with van der Waals surface area (Å²) in [5, 5.41) is 11.3. The van der Waals surface area contributed by atoms with E-state index in [1.165, 1.54) is 12.1 Å². The first-order valence-corrected chi connectivity index (χ1v) is 6.87. The van der Waals surface area contributed by atoms with Crippen LogP contribution in [0.3, 0.4) is 0 Å². The number of benzene rings is 2. The molecule has 2 nitrogen and oxygen atoms in total. The molecule has 0 saturated heterocycles. The molecule has 106 valence electrons. The maximum absolute atomic E-state index is 13.3. The molecule has 0 fully saturated rings. The quantitative estimate of drug-likeness (QED) is 0.899. The molecule has 0 saturated carbocycles. The molecule has 0 radical (unpaired) electrons. The summed E-state index contributed by atoms with van der Waals surface area (Å²) in [6, 6.07) is 10.9. The van der Waals surface area contributed by atoms with Gasteiger partial charge in [-0.1, -0.05) is 41.4 Å². The third kappa shape index (κ3) is 3.30. The first kappa shape index (κ1) is 15.3. The number of rotatable bonds is 4. The van der Waals surface area contributed by atoms with E-state index in [4.69, 9.17) is 28.9 Å². The molecule has 2 aromatic rings.